The van der Waals surface area contributed by atoms with Gasteiger partial charge in [-0.2, -0.15) is 8.78 Å². The lowest BCUT2D eigenvalue weighted by molar-refractivity contribution is -0.141. The molecule has 9 heteroatoms. The molecule has 0 aliphatic carbocycles. The highest BCUT2D eigenvalue weighted by Crippen LogP contribution is 2.30. The number of carbonyl (C=O) groups is 3. The summed E-state index contributed by atoms with van der Waals surface area (Å²) in [5.74, 6) is -0.928. The fourth-order valence-corrected chi connectivity index (χ4v) is 3.54. The van der Waals surface area contributed by atoms with E-state index in [9.17, 15) is 23.2 Å². The summed E-state index contributed by atoms with van der Waals surface area (Å²) in [5, 5.41) is 2.62. The predicted molar refractivity (Wildman–Crippen MR) is 107 cm³/mol. The molecule has 7 nitrogen and oxygen atoms in total. The second-order valence-corrected chi connectivity index (χ2v) is 7.66. The molecule has 4 amide bonds. The monoisotopic (exact) mass is 425 g/mol. The van der Waals surface area contributed by atoms with E-state index >= 15 is 0 Å². The molecule has 1 heterocycles. The molecule has 0 aromatic heterocycles. The van der Waals surface area contributed by atoms with E-state index in [1.54, 1.807) is 4.90 Å². The van der Waals surface area contributed by atoms with E-state index in [0.29, 0.717) is 5.56 Å². The van der Waals surface area contributed by atoms with Crippen molar-refractivity contribution in [2.24, 2.45) is 0 Å². The molecule has 1 N–H and O–H groups in total. The van der Waals surface area contributed by atoms with E-state index in [1.165, 1.54) is 31.2 Å². The average Bonchev–Trinajstić information content (AvgIpc) is 2.91. The van der Waals surface area contributed by atoms with Gasteiger partial charge < -0.3 is 15.0 Å². The van der Waals surface area contributed by atoms with Crippen LogP contribution in [0.25, 0.3) is 0 Å². The number of nitrogens with one attached hydrogen (secondary N) is 1. The summed E-state index contributed by atoms with van der Waals surface area (Å²) in [7, 11) is 0. The molecule has 0 bridgehead atoms. The van der Waals surface area contributed by atoms with Gasteiger partial charge in [-0.3, -0.25) is 14.5 Å². The van der Waals surface area contributed by atoms with Crippen molar-refractivity contribution < 1.29 is 27.9 Å². The van der Waals surface area contributed by atoms with E-state index in [-0.39, 0.29) is 30.3 Å². The van der Waals surface area contributed by atoms with Crippen molar-refractivity contribution in [3.63, 3.8) is 0 Å². The summed E-state index contributed by atoms with van der Waals surface area (Å²) < 4.78 is 29.0. The third kappa shape index (κ3) is 4.71. The van der Waals surface area contributed by atoms with Crippen molar-refractivity contribution in [2.45, 2.75) is 71.7 Å². The highest BCUT2D eigenvalue weighted by molar-refractivity contribution is 6.09. The molecular weight excluding hydrogens is 396 g/mol. The van der Waals surface area contributed by atoms with E-state index in [2.05, 4.69) is 10.1 Å². The molecule has 0 radical (unpaired) electrons. The van der Waals surface area contributed by atoms with Gasteiger partial charge in [0.1, 0.15) is 17.8 Å². The van der Waals surface area contributed by atoms with Gasteiger partial charge >= 0.3 is 12.6 Å². The van der Waals surface area contributed by atoms with Crippen molar-refractivity contribution in [3.05, 3.63) is 29.8 Å². The fraction of sp³-hybridized carbons (Fsp3) is 0.571. The maximum absolute atomic E-state index is 13.1. The third-order valence-corrected chi connectivity index (χ3v) is 5.64. The number of rotatable bonds is 9. The zero-order chi connectivity index (χ0) is 22.6. The van der Waals surface area contributed by atoms with Gasteiger partial charge in [-0.15, -0.1) is 0 Å². The minimum atomic E-state index is -2.96. The van der Waals surface area contributed by atoms with Crippen LogP contribution in [0.5, 0.6) is 5.75 Å². The van der Waals surface area contributed by atoms with Crippen LogP contribution in [-0.2, 0) is 15.1 Å². The Balaban J connectivity index is 2.21. The maximum atomic E-state index is 13.1. The van der Waals surface area contributed by atoms with Crippen molar-refractivity contribution in [3.8, 4) is 5.75 Å². The fourth-order valence-electron chi connectivity index (χ4n) is 3.54. The number of amides is 4. The Morgan fingerprint density at radius 3 is 2.13 bits per heavy atom. The molecule has 0 saturated carbocycles. The highest BCUT2D eigenvalue weighted by Gasteiger charge is 2.50. The van der Waals surface area contributed by atoms with E-state index < -0.39 is 24.1 Å². The quantitative estimate of drug-likeness (QED) is 0.615. The Bertz CT molecular complexity index is 777. The van der Waals surface area contributed by atoms with E-state index in [4.69, 9.17) is 0 Å². The zero-order valence-electron chi connectivity index (χ0n) is 17.9. The summed E-state index contributed by atoms with van der Waals surface area (Å²) in [6.45, 7) is 6.01. The zero-order valence-corrected chi connectivity index (χ0v) is 17.9. The van der Waals surface area contributed by atoms with E-state index in [1.807, 2.05) is 27.7 Å². The molecule has 0 unspecified atom stereocenters. The van der Waals surface area contributed by atoms with Crippen molar-refractivity contribution in [1.82, 2.24) is 15.1 Å². The van der Waals surface area contributed by atoms with Crippen LogP contribution in [-0.4, -0.2) is 52.9 Å². The highest BCUT2D eigenvalue weighted by atomic mass is 19.3. The van der Waals surface area contributed by atoms with Crippen molar-refractivity contribution >= 4 is 17.8 Å². The number of ether oxygens (including phenoxy) is 1. The molecule has 1 saturated heterocycles. The first-order valence-electron chi connectivity index (χ1n) is 10.1. The minimum absolute atomic E-state index is 0.0259. The summed E-state index contributed by atoms with van der Waals surface area (Å²) in [6, 6.07) is 4.75. The van der Waals surface area contributed by atoms with Crippen LogP contribution in [0.3, 0.4) is 0 Å². The number of imide groups is 1. The van der Waals surface area contributed by atoms with Crippen molar-refractivity contribution in [1.29, 1.82) is 0 Å². The molecule has 1 aliphatic heterocycles. The second kappa shape index (κ2) is 9.40. The molecule has 1 aromatic rings. The van der Waals surface area contributed by atoms with Crippen LogP contribution in [0.1, 0.15) is 53.0 Å². The summed E-state index contributed by atoms with van der Waals surface area (Å²) >= 11 is 0. The van der Waals surface area contributed by atoms with Gasteiger partial charge in [0, 0.05) is 12.1 Å². The second-order valence-electron chi connectivity index (χ2n) is 7.66. The molecule has 2 rings (SSSR count). The molecule has 30 heavy (non-hydrogen) atoms. The molecule has 0 spiro atoms. The predicted octanol–water partition coefficient (Wildman–Crippen LogP) is 3.48. The topological polar surface area (TPSA) is 79.0 Å². The first kappa shape index (κ1) is 23.6. The molecule has 1 aliphatic rings. The van der Waals surface area contributed by atoms with Gasteiger partial charge in [-0.25, -0.2) is 4.79 Å². The van der Waals surface area contributed by atoms with Crippen LogP contribution in [0.15, 0.2) is 24.3 Å². The number of alkyl halides is 2. The molecule has 3 atom stereocenters. The van der Waals surface area contributed by atoms with Gasteiger partial charge in [-0.1, -0.05) is 26.0 Å². The Hall–Kier alpha value is -2.71. The first-order valence-corrected chi connectivity index (χ1v) is 10.1. The van der Waals surface area contributed by atoms with E-state index in [0.717, 1.165) is 17.7 Å². The SMILES string of the molecule is CC[C@@H](C)N(C(=O)CN1C(=O)N[C@](C)(c2ccc(OC(F)F)cc2)C1=O)[C@H](C)CC. The third-order valence-electron chi connectivity index (χ3n) is 5.64. The summed E-state index contributed by atoms with van der Waals surface area (Å²) in [4.78, 5) is 41.2. The van der Waals surface area contributed by atoms with Gasteiger partial charge in [0.05, 0.1) is 0 Å². The lowest BCUT2D eigenvalue weighted by Crippen LogP contribution is -2.50. The number of hydrogen-bond donors (Lipinski definition) is 1. The molecular formula is C21H29F2N3O4. The maximum Gasteiger partial charge on any atom is 0.387 e. The minimum Gasteiger partial charge on any atom is -0.435 e. The van der Waals surface area contributed by atoms with Crippen LogP contribution in [0.2, 0.25) is 0 Å². The molecule has 1 fully saturated rings. The van der Waals surface area contributed by atoms with Gasteiger partial charge in [0.2, 0.25) is 5.91 Å². The van der Waals surface area contributed by atoms with Crippen LogP contribution < -0.4 is 10.1 Å². The largest absolute Gasteiger partial charge is 0.435 e. The molecule has 166 valence electrons. The summed E-state index contributed by atoms with van der Waals surface area (Å²) in [6.07, 6.45) is 1.50. The standard InChI is InChI=1S/C21H29F2N3O4/c1-6-13(3)26(14(4)7-2)17(27)12-25-18(28)21(5,24-20(25)29)15-8-10-16(11-9-15)30-19(22)23/h8-11,13-14,19H,6-7,12H2,1-5H3,(H,24,29)/t13-,14-,21-/m1/s1. The molecule has 1 aromatic carbocycles. The number of benzene rings is 1. The normalized spacial score (nSPS) is 20.9. The Kier molecular flexibility index (Phi) is 7.39. The number of carbonyl (C=O) groups excluding carboxylic acids is 3. The Morgan fingerprint density at radius 2 is 1.67 bits per heavy atom. The van der Waals surface area contributed by atoms with Gasteiger partial charge in [-0.05, 0) is 51.3 Å². The summed E-state index contributed by atoms with van der Waals surface area (Å²) in [5.41, 5.74) is -1.00. The average molecular weight is 425 g/mol. The van der Waals surface area contributed by atoms with Crippen LogP contribution in [0.4, 0.5) is 13.6 Å². The van der Waals surface area contributed by atoms with Gasteiger partial charge in [0.15, 0.2) is 0 Å². The van der Waals surface area contributed by atoms with Gasteiger partial charge in [0.25, 0.3) is 5.91 Å². The number of hydrogen-bond acceptors (Lipinski definition) is 4. The first-order chi connectivity index (χ1) is 14.0. The Morgan fingerprint density at radius 1 is 1.13 bits per heavy atom. The lowest BCUT2D eigenvalue weighted by atomic mass is 9.92. The Labute approximate surface area is 175 Å². The number of nitrogens with zero attached hydrogens (tertiary/aromatic N) is 2. The van der Waals surface area contributed by atoms with Crippen LogP contribution >= 0.6 is 0 Å². The number of urea groups is 1. The smallest absolute Gasteiger partial charge is 0.387 e. The number of halogens is 2. The van der Waals surface area contributed by atoms with Crippen LogP contribution in [0, 0.1) is 0 Å². The van der Waals surface area contributed by atoms with Crippen molar-refractivity contribution in [2.75, 3.05) is 6.54 Å². The lowest BCUT2D eigenvalue weighted by Gasteiger charge is -2.35.